The molecule has 4 aliphatic carbocycles. The molecule has 37 heavy (non-hydrogen) atoms. The minimum absolute atomic E-state index is 0.175. The van der Waals surface area contributed by atoms with Crippen LogP contribution in [0, 0.1) is 64.1 Å². The predicted octanol–water partition coefficient (Wildman–Crippen LogP) is 5.57. The Morgan fingerprint density at radius 1 is 0.703 bits per heavy atom. The largest absolute Gasteiger partial charge is 0.374 e. The highest BCUT2D eigenvalue weighted by atomic mass is 16.5. The molecule has 0 aromatic heterocycles. The SMILES string of the molecule is CC(C)(C#N)C1CCC(C2NNC3CNC4CCC(C5CCC6C(C5)OC5CCCCC56)CC4C32)CC1. The molecule has 3 N–H and O–H groups in total. The van der Waals surface area contributed by atoms with E-state index in [2.05, 4.69) is 36.1 Å². The molecule has 7 fully saturated rings. The van der Waals surface area contributed by atoms with Crippen LogP contribution in [-0.2, 0) is 4.74 Å². The number of hydrazine groups is 1. The van der Waals surface area contributed by atoms with Gasteiger partial charge in [0.15, 0.2) is 0 Å². The van der Waals surface area contributed by atoms with Crippen molar-refractivity contribution in [1.82, 2.24) is 16.2 Å². The number of hydrogen-bond acceptors (Lipinski definition) is 5. The molecule has 0 radical (unpaired) electrons. The van der Waals surface area contributed by atoms with Gasteiger partial charge >= 0.3 is 0 Å². The van der Waals surface area contributed by atoms with Gasteiger partial charge in [-0.05, 0) is 138 Å². The van der Waals surface area contributed by atoms with Gasteiger partial charge in [-0.1, -0.05) is 12.8 Å². The molecular formula is C32H52N4O. The van der Waals surface area contributed by atoms with Crippen molar-refractivity contribution in [1.29, 1.82) is 5.26 Å². The molecule has 206 valence electrons. The van der Waals surface area contributed by atoms with Gasteiger partial charge in [-0.25, -0.2) is 0 Å². The molecule has 7 aliphatic rings. The van der Waals surface area contributed by atoms with Crippen molar-refractivity contribution in [3.8, 4) is 6.07 Å². The predicted molar refractivity (Wildman–Crippen MR) is 146 cm³/mol. The summed E-state index contributed by atoms with van der Waals surface area (Å²) in [5.74, 6) is 6.48. The summed E-state index contributed by atoms with van der Waals surface area (Å²) >= 11 is 0. The molecule has 3 heterocycles. The van der Waals surface area contributed by atoms with Crippen LogP contribution in [0.25, 0.3) is 0 Å². The zero-order valence-electron chi connectivity index (χ0n) is 23.5. The molecule has 0 aromatic carbocycles. The Kier molecular flexibility index (Phi) is 6.88. The first kappa shape index (κ1) is 25.3. The number of nitrogens with zero attached hydrogens (tertiary/aromatic N) is 1. The van der Waals surface area contributed by atoms with E-state index in [0.717, 1.165) is 54.0 Å². The lowest BCUT2D eigenvalue weighted by atomic mass is 9.59. The molecule has 7 rings (SSSR count). The summed E-state index contributed by atoms with van der Waals surface area (Å²) in [6, 6.07) is 4.51. The van der Waals surface area contributed by atoms with Gasteiger partial charge in [0, 0.05) is 24.7 Å². The van der Waals surface area contributed by atoms with Crippen LogP contribution < -0.4 is 16.2 Å². The Hall–Kier alpha value is -0.670. The summed E-state index contributed by atoms with van der Waals surface area (Å²) < 4.78 is 6.75. The molecule has 3 saturated heterocycles. The Morgan fingerprint density at radius 3 is 2.27 bits per heavy atom. The van der Waals surface area contributed by atoms with Crippen molar-refractivity contribution in [2.75, 3.05) is 6.54 Å². The Balaban J connectivity index is 1.01. The van der Waals surface area contributed by atoms with Gasteiger partial charge < -0.3 is 10.1 Å². The fourth-order valence-corrected chi connectivity index (χ4v) is 11.0. The lowest BCUT2D eigenvalue weighted by Crippen LogP contribution is -2.58. The number of hydrogen-bond donors (Lipinski definition) is 3. The van der Waals surface area contributed by atoms with Crippen molar-refractivity contribution < 1.29 is 4.74 Å². The normalized spacial score (nSPS) is 51.9. The highest BCUT2D eigenvalue weighted by Gasteiger charge is 2.53. The molecular weight excluding hydrogens is 456 g/mol. The maximum absolute atomic E-state index is 9.66. The van der Waals surface area contributed by atoms with Gasteiger partial charge in [-0.2, -0.15) is 5.26 Å². The first-order valence-electron chi connectivity index (χ1n) is 16.3. The van der Waals surface area contributed by atoms with Crippen LogP contribution in [0.15, 0.2) is 0 Å². The minimum Gasteiger partial charge on any atom is -0.374 e. The maximum Gasteiger partial charge on any atom is 0.0686 e. The van der Waals surface area contributed by atoms with Gasteiger partial charge in [-0.3, -0.25) is 10.9 Å². The fraction of sp³-hybridized carbons (Fsp3) is 0.969. The van der Waals surface area contributed by atoms with Crippen LogP contribution in [0.5, 0.6) is 0 Å². The molecule has 4 saturated carbocycles. The molecule has 0 bridgehead atoms. The minimum atomic E-state index is -0.175. The smallest absolute Gasteiger partial charge is 0.0686 e. The molecule has 0 spiro atoms. The number of fused-ring (bicyclic) bond motifs is 6. The van der Waals surface area contributed by atoms with Crippen molar-refractivity contribution in [2.24, 2.45) is 52.8 Å². The summed E-state index contributed by atoms with van der Waals surface area (Å²) in [5, 5.41) is 13.6. The van der Waals surface area contributed by atoms with Gasteiger partial charge in [0.05, 0.1) is 23.7 Å². The van der Waals surface area contributed by atoms with Crippen LogP contribution in [0.3, 0.4) is 0 Å². The molecule has 0 aromatic rings. The van der Waals surface area contributed by atoms with E-state index < -0.39 is 0 Å². The molecule has 5 heteroatoms. The van der Waals surface area contributed by atoms with E-state index in [1.54, 1.807) is 0 Å². The fourth-order valence-electron chi connectivity index (χ4n) is 11.0. The molecule has 3 aliphatic heterocycles. The summed E-state index contributed by atoms with van der Waals surface area (Å²) in [6.07, 6.45) is 20.3. The van der Waals surface area contributed by atoms with E-state index in [4.69, 9.17) is 4.74 Å². The van der Waals surface area contributed by atoms with Crippen molar-refractivity contribution >= 4 is 0 Å². The van der Waals surface area contributed by atoms with E-state index in [9.17, 15) is 5.26 Å². The zero-order chi connectivity index (χ0) is 25.1. The number of nitriles is 1. The third-order valence-electron chi connectivity index (χ3n) is 13.1. The highest BCUT2D eigenvalue weighted by Crippen LogP contribution is 2.53. The van der Waals surface area contributed by atoms with Crippen molar-refractivity contribution in [2.45, 2.75) is 134 Å². The third kappa shape index (κ3) is 4.51. The summed E-state index contributed by atoms with van der Waals surface area (Å²) in [5.41, 5.74) is 7.43. The number of ether oxygens (including phenoxy) is 1. The number of piperidine rings is 1. The monoisotopic (exact) mass is 508 g/mol. The second kappa shape index (κ2) is 10.1. The Labute approximate surface area is 225 Å². The maximum atomic E-state index is 9.66. The molecule has 11 atom stereocenters. The van der Waals surface area contributed by atoms with Gasteiger partial charge in [0.25, 0.3) is 0 Å². The zero-order valence-corrected chi connectivity index (χ0v) is 23.5. The van der Waals surface area contributed by atoms with E-state index in [-0.39, 0.29) is 5.41 Å². The van der Waals surface area contributed by atoms with Gasteiger partial charge in [-0.15, -0.1) is 0 Å². The van der Waals surface area contributed by atoms with Crippen molar-refractivity contribution in [3.05, 3.63) is 0 Å². The topological polar surface area (TPSA) is 69.1 Å². The van der Waals surface area contributed by atoms with E-state index in [1.807, 2.05) is 0 Å². The number of nitrogens with one attached hydrogen (secondary N) is 3. The van der Waals surface area contributed by atoms with E-state index in [1.165, 1.54) is 89.9 Å². The second-order valence-corrected chi connectivity index (χ2v) is 15.1. The summed E-state index contributed by atoms with van der Waals surface area (Å²) in [6.45, 7) is 5.43. The first-order chi connectivity index (χ1) is 18.0. The summed E-state index contributed by atoms with van der Waals surface area (Å²) in [4.78, 5) is 0. The molecule has 0 amide bonds. The van der Waals surface area contributed by atoms with E-state index >= 15 is 0 Å². The second-order valence-electron chi connectivity index (χ2n) is 15.1. The third-order valence-corrected chi connectivity index (χ3v) is 13.1. The Morgan fingerprint density at radius 2 is 1.43 bits per heavy atom. The average molecular weight is 509 g/mol. The average Bonchev–Trinajstić information content (AvgIpc) is 3.54. The van der Waals surface area contributed by atoms with Crippen LogP contribution in [-0.4, -0.2) is 36.9 Å². The number of rotatable bonds is 3. The van der Waals surface area contributed by atoms with Gasteiger partial charge in [0.1, 0.15) is 0 Å². The summed E-state index contributed by atoms with van der Waals surface area (Å²) in [7, 11) is 0. The highest BCUT2D eigenvalue weighted by molar-refractivity contribution is 5.08. The van der Waals surface area contributed by atoms with Crippen molar-refractivity contribution in [3.63, 3.8) is 0 Å². The standard InChI is InChI=1S/C32H52N4O/c1-32(2,18-33)22-11-7-19(8-12-22)31-30-25-15-20(10-14-26(25)34-17-27(30)35-36-31)21-9-13-24-23-5-3-4-6-28(23)37-29(24)16-21/h19-31,34-36H,3-17H2,1-2H3. The first-order valence-corrected chi connectivity index (χ1v) is 16.3. The lowest BCUT2D eigenvalue weighted by molar-refractivity contribution is -0.0222. The van der Waals surface area contributed by atoms with E-state index in [0.29, 0.717) is 30.2 Å². The van der Waals surface area contributed by atoms with Crippen LogP contribution in [0.1, 0.15) is 104 Å². The van der Waals surface area contributed by atoms with Crippen LogP contribution in [0.4, 0.5) is 0 Å². The molecule has 5 nitrogen and oxygen atoms in total. The quantitative estimate of drug-likeness (QED) is 0.465. The van der Waals surface area contributed by atoms with Crippen LogP contribution >= 0.6 is 0 Å². The van der Waals surface area contributed by atoms with Gasteiger partial charge in [0.2, 0.25) is 0 Å². The lowest BCUT2D eigenvalue weighted by Gasteiger charge is -2.50. The molecule has 11 unspecified atom stereocenters. The van der Waals surface area contributed by atoms with Crippen LogP contribution in [0.2, 0.25) is 0 Å². The Bertz CT molecular complexity index is 861.